The van der Waals surface area contributed by atoms with Crippen LogP contribution in [0.3, 0.4) is 0 Å². The molecule has 0 radical (unpaired) electrons. The zero-order valence-electron chi connectivity index (χ0n) is 11.1. The summed E-state index contributed by atoms with van der Waals surface area (Å²) in [5, 5.41) is 12.3. The van der Waals surface area contributed by atoms with Gasteiger partial charge in [-0.25, -0.2) is 0 Å². The van der Waals surface area contributed by atoms with Crippen LogP contribution in [0.25, 0.3) is 0 Å². The van der Waals surface area contributed by atoms with E-state index in [1.807, 2.05) is 26.0 Å². The maximum Gasteiger partial charge on any atom is 0.224 e. The van der Waals surface area contributed by atoms with Gasteiger partial charge in [0.15, 0.2) is 0 Å². The summed E-state index contributed by atoms with van der Waals surface area (Å²) in [6.45, 7) is 4.70. The van der Waals surface area contributed by atoms with E-state index in [1.165, 1.54) is 0 Å². The van der Waals surface area contributed by atoms with Crippen molar-refractivity contribution < 1.29 is 9.90 Å². The van der Waals surface area contributed by atoms with Gasteiger partial charge in [0.25, 0.3) is 0 Å². The molecule has 0 aliphatic carbocycles. The molecule has 0 aliphatic heterocycles. The van der Waals surface area contributed by atoms with Gasteiger partial charge in [0.05, 0.1) is 13.0 Å². The number of carbonyl (C=O) groups is 1. The molecule has 0 unspecified atom stereocenters. The normalized spacial score (nSPS) is 11.3. The fourth-order valence-corrected chi connectivity index (χ4v) is 1.82. The van der Waals surface area contributed by atoms with Crippen LogP contribution in [-0.4, -0.2) is 29.1 Å². The molecule has 0 atom stereocenters. The highest BCUT2D eigenvalue weighted by Crippen LogP contribution is 2.24. The first-order chi connectivity index (χ1) is 8.65. The lowest BCUT2D eigenvalue weighted by Crippen LogP contribution is -2.39. The predicted molar refractivity (Wildman–Crippen MR) is 71.1 cm³/mol. The van der Waals surface area contributed by atoms with Gasteiger partial charge < -0.3 is 10.4 Å². The molecule has 4 nitrogen and oxygen atoms in total. The van der Waals surface area contributed by atoms with Crippen LogP contribution in [0.4, 0.5) is 0 Å². The maximum absolute atomic E-state index is 11.8. The van der Waals surface area contributed by atoms with Gasteiger partial charge in [0, 0.05) is 24.4 Å². The first-order valence-corrected chi connectivity index (χ1v) is 6.42. The van der Waals surface area contributed by atoms with Crippen LogP contribution < -0.4 is 5.32 Å². The number of aromatic nitrogens is 1. The lowest BCUT2D eigenvalue weighted by atomic mass is 9.83. The van der Waals surface area contributed by atoms with E-state index in [0.29, 0.717) is 13.0 Å². The van der Waals surface area contributed by atoms with Gasteiger partial charge in [-0.1, -0.05) is 19.9 Å². The molecule has 0 spiro atoms. The third-order valence-electron chi connectivity index (χ3n) is 3.58. The van der Waals surface area contributed by atoms with E-state index < -0.39 is 0 Å². The number of nitrogens with zero attached hydrogens (tertiary/aromatic N) is 1. The number of pyridine rings is 1. The van der Waals surface area contributed by atoms with Crippen molar-refractivity contribution in [2.75, 3.05) is 13.2 Å². The number of aliphatic hydroxyl groups is 1. The summed E-state index contributed by atoms with van der Waals surface area (Å²) in [7, 11) is 0. The van der Waals surface area contributed by atoms with Crippen molar-refractivity contribution in [1.29, 1.82) is 0 Å². The highest BCUT2D eigenvalue weighted by atomic mass is 16.3. The number of hydrogen-bond donors (Lipinski definition) is 2. The molecule has 0 aromatic carbocycles. The van der Waals surface area contributed by atoms with E-state index in [-0.39, 0.29) is 17.9 Å². The molecule has 4 heteroatoms. The number of amides is 1. The predicted octanol–water partition coefficient (Wildman–Crippen LogP) is 1.54. The topological polar surface area (TPSA) is 62.2 Å². The molecule has 1 aromatic heterocycles. The Morgan fingerprint density at radius 2 is 2.17 bits per heavy atom. The Kier molecular flexibility index (Phi) is 5.78. The smallest absolute Gasteiger partial charge is 0.224 e. The first kappa shape index (κ1) is 14.6. The molecule has 0 aliphatic rings. The summed E-state index contributed by atoms with van der Waals surface area (Å²) < 4.78 is 0. The maximum atomic E-state index is 11.8. The lowest BCUT2D eigenvalue weighted by Gasteiger charge is -2.29. The second kappa shape index (κ2) is 7.11. The zero-order chi connectivity index (χ0) is 13.4. The zero-order valence-corrected chi connectivity index (χ0v) is 11.1. The molecule has 0 bridgehead atoms. The minimum Gasteiger partial charge on any atom is -0.396 e. The Morgan fingerprint density at radius 3 is 2.67 bits per heavy atom. The fourth-order valence-electron chi connectivity index (χ4n) is 1.82. The van der Waals surface area contributed by atoms with Crippen LogP contribution in [0.15, 0.2) is 24.5 Å². The van der Waals surface area contributed by atoms with Crippen molar-refractivity contribution in [3.05, 3.63) is 30.1 Å². The quantitative estimate of drug-likeness (QED) is 0.771. The van der Waals surface area contributed by atoms with Gasteiger partial charge in [0.2, 0.25) is 5.91 Å². The standard InChI is InChI=1S/C14H22N2O2/c1-3-14(4-2,11-17)10-16-13(18)8-12-6-5-7-15-9-12/h5-7,9,17H,3-4,8,10-11H2,1-2H3,(H,16,18). The largest absolute Gasteiger partial charge is 0.396 e. The van der Waals surface area contributed by atoms with Crippen molar-refractivity contribution in [2.24, 2.45) is 5.41 Å². The monoisotopic (exact) mass is 250 g/mol. The summed E-state index contributed by atoms with van der Waals surface area (Å²) in [6.07, 6.45) is 5.42. The summed E-state index contributed by atoms with van der Waals surface area (Å²) in [5.74, 6) is -0.0253. The Labute approximate surface area is 108 Å². The molecule has 0 saturated carbocycles. The van der Waals surface area contributed by atoms with Crippen LogP contribution in [0.2, 0.25) is 0 Å². The Balaban J connectivity index is 2.46. The molecular weight excluding hydrogens is 228 g/mol. The average Bonchev–Trinajstić information content (AvgIpc) is 2.42. The Morgan fingerprint density at radius 1 is 1.44 bits per heavy atom. The van der Waals surface area contributed by atoms with E-state index in [9.17, 15) is 9.90 Å². The Bertz CT molecular complexity index is 353. The molecule has 1 rings (SSSR count). The molecule has 18 heavy (non-hydrogen) atoms. The summed E-state index contributed by atoms with van der Waals surface area (Å²) in [4.78, 5) is 15.8. The van der Waals surface area contributed by atoms with Crippen molar-refractivity contribution in [1.82, 2.24) is 10.3 Å². The Hall–Kier alpha value is -1.42. The summed E-state index contributed by atoms with van der Waals surface area (Å²) in [6, 6.07) is 3.70. The van der Waals surface area contributed by atoms with E-state index >= 15 is 0 Å². The molecule has 2 N–H and O–H groups in total. The van der Waals surface area contributed by atoms with E-state index in [2.05, 4.69) is 10.3 Å². The third-order valence-corrected chi connectivity index (χ3v) is 3.58. The number of aliphatic hydroxyl groups excluding tert-OH is 1. The first-order valence-electron chi connectivity index (χ1n) is 6.42. The summed E-state index contributed by atoms with van der Waals surface area (Å²) >= 11 is 0. The van der Waals surface area contributed by atoms with Gasteiger partial charge in [-0.2, -0.15) is 0 Å². The number of carbonyl (C=O) groups excluding carboxylic acids is 1. The lowest BCUT2D eigenvalue weighted by molar-refractivity contribution is -0.121. The van der Waals surface area contributed by atoms with Gasteiger partial charge in [0.1, 0.15) is 0 Å². The van der Waals surface area contributed by atoms with Crippen molar-refractivity contribution in [3.8, 4) is 0 Å². The average molecular weight is 250 g/mol. The molecule has 100 valence electrons. The van der Waals surface area contributed by atoms with Crippen LogP contribution in [0, 0.1) is 5.41 Å². The van der Waals surface area contributed by atoms with E-state index in [1.54, 1.807) is 12.4 Å². The molecule has 0 fully saturated rings. The highest BCUT2D eigenvalue weighted by Gasteiger charge is 2.25. The minimum absolute atomic E-state index is 0.0253. The second-order valence-electron chi connectivity index (χ2n) is 4.68. The fraction of sp³-hybridized carbons (Fsp3) is 0.571. The van der Waals surface area contributed by atoms with Crippen molar-refractivity contribution in [2.45, 2.75) is 33.1 Å². The van der Waals surface area contributed by atoms with Gasteiger partial charge in [-0.05, 0) is 24.5 Å². The van der Waals surface area contributed by atoms with Crippen molar-refractivity contribution >= 4 is 5.91 Å². The number of rotatable bonds is 7. The third kappa shape index (κ3) is 4.11. The summed E-state index contributed by atoms with van der Waals surface area (Å²) in [5.41, 5.74) is 0.711. The van der Waals surface area contributed by atoms with Crippen LogP contribution in [0.5, 0.6) is 0 Å². The molecule has 1 amide bonds. The molecular formula is C14H22N2O2. The van der Waals surface area contributed by atoms with Gasteiger partial charge in [-0.3, -0.25) is 9.78 Å². The van der Waals surface area contributed by atoms with E-state index in [0.717, 1.165) is 18.4 Å². The van der Waals surface area contributed by atoms with E-state index in [4.69, 9.17) is 0 Å². The van der Waals surface area contributed by atoms with Crippen LogP contribution in [-0.2, 0) is 11.2 Å². The van der Waals surface area contributed by atoms with Crippen LogP contribution in [0.1, 0.15) is 32.3 Å². The number of hydrogen-bond acceptors (Lipinski definition) is 3. The number of nitrogens with one attached hydrogen (secondary N) is 1. The minimum atomic E-state index is -0.190. The SMILES string of the molecule is CCC(CC)(CO)CNC(=O)Cc1cccnc1. The molecule has 0 saturated heterocycles. The highest BCUT2D eigenvalue weighted by molar-refractivity contribution is 5.78. The van der Waals surface area contributed by atoms with Crippen molar-refractivity contribution in [3.63, 3.8) is 0 Å². The van der Waals surface area contributed by atoms with Gasteiger partial charge >= 0.3 is 0 Å². The second-order valence-corrected chi connectivity index (χ2v) is 4.68. The van der Waals surface area contributed by atoms with Crippen LogP contribution >= 0.6 is 0 Å². The molecule has 1 aromatic rings. The van der Waals surface area contributed by atoms with Gasteiger partial charge in [-0.15, -0.1) is 0 Å². The molecule has 1 heterocycles.